The average molecular weight is 408 g/mol. The van der Waals surface area contributed by atoms with Gasteiger partial charge in [-0.2, -0.15) is 5.21 Å². The molecule has 9 heteroatoms. The van der Waals surface area contributed by atoms with Gasteiger partial charge in [-0.05, 0) is 48.4 Å². The SMILES string of the molecule is O=C(N1CC(c2ccc(Oc3ccc(F)cc3)cc2)C1)N1CC[C@@H](c2nn[nH]n2)C1. The van der Waals surface area contributed by atoms with Gasteiger partial charge in [0.25, 0.3) is 0 Å². The first-order valence-electron chi connectivity index (χ1n) is 9.96. The zero-order valence-electron chi connectivity index (χ0n) is 16.2. The van der Waals surface area contributed by atoms with Crippen LogP contribution in [-0.4, -0.2) is 62.6 Å². The molecule has 1 aromatic heterocycles. The fourth-order valence-corrected chi connectivity index (χ4v) is 3.98. The van der Waals surface area contributed by atoms with Gasteiger partial charge in [-0.25, -0.2) is 9.18 Å². The van der Waals surface area contributed by atoms with Crippen LogP contribution in [0, 0.1) is 5.82 Å². The highest BCUT2D eigenvalue weighted by molar-refractivity contribution is 5.76. The summed E-state index contributed by atoms with van der Waals surface area (Å²) in [6, 6.07) is 13.9. The van der Waals surface area contributed by atoms with Crippen molar-refractivity contribution in [3.63, 3.8) is 0 Å². The number of hydrogen-bond acceptors (Lipinski definition) is 5. The number of carbonyl (C=O) groups is 1. The van der Waals surface area contributed by atoms with Crippen LogP contribution in [0.1, 0.15) is 29.6 Å². The summed E-state index contributed by atoms with van der Waals surface area (Å²) in [4.78, 5) is 16.5. The van der Waals surface area contributed by atoms with Gasteiger partial charge in [-0.15, -0.1) is 10.2 Å². The van der Waals surface area contributed by atoms with Crippen LogP contribution >= 0.6 is 0 Å². The highest BCUT2D eigenvalue weighted by Crippen LogP contribution is 2.32. The number of hydrogen-bond donors (Lipinski definition) is 1. The van der Waals surface area contributed by atoms with Crippen molar-refractivity contribution in [2.24, 2.45) is 0 Å². The normalized spacial score (nSPS) is 19.0. The maximum absolute atomic E-state index is 13.0. The van der Waals surface area contributed by atoms with Crippen LogP contribution in [0.2, 0.25) is 0 Å². The molecule has 2 aliphatic rings. The number of nitrogens with zero attached hydrogens (tertiary/aromatic N) is 5. The number of ether oxygens (including phenoxy) is 1. The van der Waals surface area contributed by atoms with E-state index in [4.69, 9.17) is 4.74 Å². The maximum atomic E-state index is 13.0. The molecule has 0 saturated carbocycles. The molecular formula is C21H21FN6O2. The van der Waals surface area contributed by atoms with Crippen LogP contribution in [0.4, 0.5) is 9.18 Å². The van der Waals surface area contributed by atoms with Crippen molar-refractivity contribution in [3.8, 4) is 11.5 Å². The van der Waals surface area contributed by atoms with E-state index in [1.807, 2.05) is 34.1 Å². The monoisotopic (exact) mass is 408 g/mol. The van der Waals surface area contributed by atoms with Gasteiger partial charge < -0.3 is 14.5 Å². The fraction of sp³-hybridized carbons (Fsp3) is 0.333. The standard InChI is InChI=1S/C21H21FN6O2/c22-17-3-7-19(8-4-17)30-18-5-1-14(2-6-18)16-12-28(13-16)21(29)27-10-9-15(11-27)20-23-25-26-24-20/h1-8,15-16H,9-13H2,(H,23,24,25,26)/t15-/m1/s1. The van der Waals surface area contributed by atoms with Gasteiger partial charge >= 0.3 is 6.03 Å². The van der Waals surface area contributed by atoms with E-state index in [9.17, 15) is 9.18 Å². The van der Waals surface area contributed by atoms with Gasteiger partial charge in [-0.1, -0.05) is 17.3 Å². The summed E-state index contributed by atoms with van der Waals surface area (Å²) in [5.41, 5.74) is 1.18. The third-order valence-electron chi connectivity index (χ3n) is 5.74. The predicted molar refractivity (Wildman–Crippen MR) is 106 cm³/mol. The Labute approximate surface area is 172 Å². The lowest BCUT2D eigenvalue weighted by Gasteiger charge is -2.41. The van der Waals surface area contributed by atoms with Crippen molar-refractivity contribution < 1.29 is 13.9 Å². The van der Waals surface area contributed by atoms with Crippen molar-refractivity contribution in [1.82, 2.24) is 30.4 Å². The van der Waals surface area contributed by atoms with E-state index in [1.54, 1.807) is 12.1 Å². The van der Waals surface area contributed by atoms with Gasteiger partial charge in [0, 0.05) is 38.0 Å². The third-order valence-corrected chi connectivity index (χ3v) is 5.74. The molecule has 0 bridgehead atoms. The molecule has 0 spiro atoms. The van der Waals surface area contributed by atoms with Gasteiger partial charge in [0.05, 0.1) is 0 Å². The molecular weight excluding hydrogens is 387 g/mol. The van der Waals surface area contributed by atoms with Crippen molar-refractivity contribution in [2.75, 3.05) is 26.2 Å². The van der Waals surface area contributed by atoms with E-state index in [0.717, 1.165) is 6.42 Å². The lowest BCUT2D eigenvalue weighted by Crippen LogP contribution is -2.53. The Morgan fingerprint density at radius 1 is 0.967 bits per heavy atom. The van der Waals surface area contributed by atoms with Crippen molar-refractivity contribution in [2.45, 2.75) is 18.3 Å². The summed E-state index contributed by atoms with van der Waals surface area (Å²) < 4.78 is 18.7. The Hall–Kier alpha value is -3.49. The number of halogens is 1. The van der Waals surface area contributed by atoms with Gasteiger partial charge in [0.15, 0.2) is 5.82 Å². The molecule has 2 fully saturated rings. The average Bonchev–Trinajstić information content (AvgIpc) is 3.41. The zero-order valence-corrected chi connectivity index (χ0v) is 16.2. The van der Waals surface area contributed by atoms with Gasteiger partial charge in [-0.3, -0.25) is 0 Å². The van der Waals surface area contributed by atoms with Crippen LogP contribution < -0.4 is 4.74 Å². The molecule has 3 heterocycles. The Balaban J connectivity index is 1.13. The molecule has 3 aromatic rings. The molecule has 1 atom stereocenters. The van der Waals surface area contributed by atoms with Crippen LogP contribution in [0.25, 0.3) is 0 Å². The minimum Gasteiger partial charge on any atom is -0.457 e. The lowest BCUT2D eigenvalue weighted by atomic mass is 9.92. The van der Waals surface area contributed by atoms with Crippen LogP contribution in [0.3, 0.4) is 0 Å². The Kier molecular flexibility index (Phi) is 4.78. The number of carbonyl (C=O) groups excluding carboxylic acids is 1. The molecule has 154 valence electrons. The number of rotatable bonds is 4. The highest BCUT2D eigenvalue weighted by atomic mass is 19.1. The molecule has 0 radical (unpaired) electrons. The number of urea groups is 1. The molecule has 2 aromatic carbocycles. The largest absolute Gasteiger partial charge is 0.457 e. The predicted octanol–water partition coefficient (Wildman–Crippen LogP) is 3.14. The number of tetrazole rings is 1. The number of aromatic nitrogens is 4. The first kappa shape index (κ1) is 18.5. The molecule has 2 amide bonds. The van der Waals surface area contributed by atoms with Gasteiger partial charge in [0.1, 0.15) is 17.3 Å². The van der Waals surface area contributed by atoms with Crippen molar-refractivity contribution in [1.29, 1.82) is 0 Å². The van der Waals surface area contributed by atoms with E-state index < -0.39 is 0 Å². The second-order valence-corrected chi connectivity index (χ2v) is 7.71. The molecule has 8 nitrogen and oxygen atoms in total. The molecule has 2 saturated heterocycles. The number of nitrogens with one attached hydrogen (secondary N) is 1. The maximum Gasteiger partial charge on any atom is 0.320 e. The third kappa shape index (κ3) is 3.70. The summed E-state index contributed by atoms with van der Waals surface area (Å²) in [6.45, 7) is 2.77. The number of benzene rings is 2. The smallest absolute Gasteiger partial charge is 0.320 e. The minimum absolute atomic E-state index is 0.0773. The second-order valence-electron chi connectivity index (χ2n) is 7.71. The zero-order chi connectivity index (χ0) is 20.5. The first-order valence-corrected chi connectivity index (χ1v) is 9.96. The molecule has 2 aliphatic heterocycles. The Morgan fingerprint density at radius 3 is 2.30 bits per heavy atom. The molecule has 30 heavy (non-hydrogen) atoms. The van der Waals surface area contributed by atoms with E-state index in [2.05, 4.69) is 20.6 Å². The molecule has 5 rings (SSSR count). The van der Waals surface area contributed by atoms with Crippen molar-refractivity contribution >= 4 is 6.03 Å². The van der Waals surface area contributed by atoms with E-state index in [-0.39, 0.29) is 17.8 Å². The summed E-state index contributed by atoms with van der Waals surface area (Å²) in [5.74, 6) is 2.15. The summed E-state index contributed by atoms with van der Waals surface area (Å²) in [5, 5.41) is 14.1. The lowest BCUT2D eigenvalue weighted by molar-refractivity contribution is 0.121. The summed E-state index contributed by atoms with van der Waals surface area (Å²) in [6.07, 6.45) is 0.859. The number of amides is 2. The Morgan fingerprint density at radius 2 is 1.63 bits per heavy atom. The number of aromatic amines is 1. The first-order chi connectivity index (χ1) is 14.7. The van der Waals surface area contributed by atoms with E-state index >= 15 is 0 Å². The summed E-state index contributed by atoms with van der Waals surface area (Å²) >= 11 is 0. The van der Waals surface area contributed by atoms with E-state index in [1.165, 1.54) is 17.7 Å². The number of H-pyrrole nitrogens is 1. The van der Waals surface area contributed by atoms with Crippen LogP contribution in [0.5, 0.6) is 11.5 Å². The van der Waals surface area contributed by atoms with E-state index in [0.29, 0.717) is 49.4 Å². The van der Waals surface area contributed by atoms with Crippen molar-refractivity contribution in [3.05, 3.63) is 65.7 Å². The molecule has 0 unspecified atom stereocenters. The van der Waals surface area contributed by atoms with Crippen LogP contribution in [-0.2, 0) is 0 Å². The number of likely N-dealkylation sites (tertiary alicyclic amines) is 2. The van der Waals surface area contributed by atoms with Crippen LogP contribution in [0.15, 0.2) is 48.5 Å². The topological polar surface area (TPSA) is 87.2 Å². The second kappa shape index (κ2) is 7.74. The molecule has 1 N–H and O–H groups in total. The summed E-state index contributed by atoms with van der Waals surface area (Å²) in [7, 11) is 0. The molecule has 0 aliphatic carbocycles. The Bertz CT molecular complexity index is 1000. The quantitative estimate of drug-likeness (QED) is 0.717. The fourth-order valence-electron chi connectivity index (χ4n) is 3.98. The minimum atomic E-state index is -0.291. The highest BCUT2D eigenvalue weighted by Gasteiger charge is 2.37. The van der Waals surface area contributed by atoms with Gasteiger partial charge in [0.2, 0.25) is 0 Å².